The highest BCUT2D eigenvalue weighted by Crippen LogP contribution is 2.41. The number of nitrogens with zero attached hydrogens (tertiary/aromatic N) is 3. The van der Waals surface area contributed by atoms with Crippen molar-refractivity contribution in [2.45, 2.75) is 70.9 Å². The second kappa shape index (κ2) is 6.56. The number of carbonyl (C=O) groups excluding carboxylic acids is 1. The third kappa shape index (κ3) is 3.36. The van der Waals surface area contributed by atoms with Crippen molar-refractivity contribution in [2.75, 3.05) is 11.9 Å². The van der Waals surface area contributed by atoms with Crippen LogP contribution in [0.4, 0.5) is 5.82 Å². The minimum Gasteiger partial charge on any atom is -0.356 e. The van der Waals surface area contributed by atoms with Gasteiger partial charge in [0.25, 0.3) is 0 Å². The molecule has 1 fully saturated rings. The molecule has 6 heteroatoms. The lowest BCUT2D eigenvalue weighted by Crippen LogP contribution is -2.32. The molecule has 0 aromatic carbocycles. The SMILES string of the molecule is CC(C)NC(=O)Cc1nc(N(C)C2CC2)c2c3c(sc2n1)CCCC3. The zero-order valence-electron chi connectivity index (χ0n) is 15.3. The first-order valence-corrected chi connectivity index (χ1v) is 10.2. The second-order valence-electron chi connectivity index (χ2n) is 7.60. The first kappa shape index (κ1) is 16.8. The van der Waals surface area contributed by atoms with E-state index in [9.17, 15) is 4.79 Å². The molecule has 1 N–H and O–H groups in total. The lowest BCUT2D eigenvalue weighted by Gasteiger charge is -2.20. The lowest BCUT2D eigenvalue weighted by molar-refractivity contribution is -0.121. The highest BCUT2D eigenvalue weighted by molar-refractivity contribution is 7.19. The van der Waals surface area contributed by atoms with Gasteiger partial charge in [-0.15, -0.1) is 11.3 Å². The van der Waals surface area contributed by atoms with Gasteiger partial charge in [-0.2, -0.15) is 0 Å². The van der Waals surface area contributed by atoms with Crippen LogP contribution in [0.1, 0.15) is 55.8 Å². The third-order valence-corrected chi connectivity index (χ3v) is 6.22. The minimum absolute atomic E-state index is 0.00399. The van der Waals surface area contributed by atoms with Crippen LogP contribution in [-0.2, 0) is 24.1 Å². The third-order valence-electron chi connectivity index (χ3n) is 5.04. The summed E-state index contributed by atoms with van der Waals surface area (Å²) in [7, 11) is 2.14. The van der Waals surface area contributed by atoms with E-state index in [1.54, 1.807) is 0 Å². The molecule has 0 atom stereocenters. The Kier molecular flexibility index (Phi) is 4.40. The van der Waals surface area contributed by atoms with Crippen LogP contribution in [0.15, 0.2) is 0 Å². The summed E-state index contributed by atoms with van der Waals surface area (Å²) in [5.41, 5.74) is 1.46. The summed E-state index contributed by atoms with van der Waals surface area (Å²) in [6, 6.07) is 0.730. The fourth-order valence-corrected chi connectivity index (χ4v) is 4.94. The van der Waals surface area contributed by atoms with Crippen LogP contribution in [0, 0.1) is 0 Å². The van der Waals surface area contributed by atoms with E-state index in [1.165, 1.54) is 41.5 Å². The summed E-state index contributed by atoms with van der Waals surface area (Å²) in [5.74, 6) is 1.68. The molecule has 25 heavy (non-hydrogen) atoms. The van der Waals surface area contributed by atoms with Gasteiger partial charge in [0, 0.05) is 24.0 Å². The summed E-state index contributed by atoms with van der Waals surface area (Å²) >= 11 is 1.81. The zero-order valence-corrected chi connectivity index (χ0v) is 16.1. The smallest absolute Gasteiger partial charge is 0.227 e. The Morgan fingerprint density at radius 2 is 2.04 bits per heavy atom. The van der Waals surface area contributed by atoms with Crippen LogP contribution in [-0.4, -0.2) is 35.0 Å². The first-order chi connectivity index (χ1) is 12.0. The predicted molar refractivity (Wildman–Crippen MR) is 102 cm³/mol. The van der Waals surface area contributed by atoms with Crippen molar-refractivity contribution in [2.24, 2.45) is 0 Å². The molecule has 4 rings (SSSR count). The van der Waals surface area contributed by atoms with Crippen LogP contribution >= 0.6 is 11.3 Å². The highest BCUT2D eigenvalue weighted by Gasteiger charge is 2.31. The molecule has 0 unspecified atom stereocenters. The number of carbonyl (C=O) groups is 1. The molecule has 134 valence electrons. The van der Waals surface area contributed by atoms with Crippen molar-refractivity contribution in [1.29, 1.82) is 0 Å². The van der Waals surface area contributed by atoms with Gasteiger partial charge < -0.3 is 10.2 Å². The van der Waals surface area contributed by atoms with E-state index < -0.39 is 0 Å². The van der Waals surface area contributed by atoms with Crippen molar-refractivity contribution in [1.82, 2.24) is 15.3 Å². The van der Waals surface area contributed by atoms with E-state index in [0.717, 1.165) is 23.5 Å². The number of rotatable bonds is 5. The van der Waals surface area contributed by atoms with Crippen molar-refractivity contribution >= 4 is 33.3 Å². The molecule has 2 aromatic heterocycles. The van der Waals surface area contributed by atoms with E-state index in [2.05, 4.69) is 17.3 Å². The number of hydrogen-bond acceptors (Lipinski definition) is 5. The summed E-state index contributed by atoms with van der Waals surface area (Å²) in [4.78, 5) is 26.7. The molecule has 2 aromatic rings. The molecular weight excluding hydrogens is 332 g/mol. The Morgan fingerprint density at radius 3 is 2.76 bits per heavy atom. The maximum atomic E-state index is 12.2. The van der Waals surface area contributed by atoms with Crippen molar-refractivity contribution < 1.29 is 4.79 Å². The van der Waals surface area contributed by atoms with Crippen molar-refractivity contribution in [3.8, 4) is 0 Å². The van der Waals surface area contributed by atoms with Crippen LogP contribution in [0.3, 0.4) is 0 Å². The molecule has 0 spiro atoms. The van der Waals surface area contributed by atoms with Crippen LogP contribution < -0.4 is 10.2 Å². The molecule has 0 radical (unpaired) electrons. The monoisotopic (exact) mass is 358 g/mol. The number of aryl methyl sites for hydroxylation is 2. The number of aromatic nitrogens is 2. The molecule has 1 amide bonds. The molecule has 5 nitrogen and oxygen atoms in total. The molecule has 2 aliphatic rings. The van der Waals surface area contributed by atoms with Gasteiger partial charge in [0.15, 0.2) is 0 Å². The van der Waals surface area contributed by atoms with Gasteiger partial charge in [0.05, 0.1) is 11.8 Å². The van der Waals surface area contributed by atoms with Gasteiger partial charge >= 0.3 is 0 Å². The largest absolute Gasteiger partial charge is 0.356 e. The number of nitrogens with one attached hydrogen (secondary N) is 1. The van der Waals surface area contributed by atoms with Crippen LogP contribution in [0.5, 0.6) is 0 Å². The fraction of sp³-hybridized carbons (Fsp3) is 0.632. The van der Waals surface area contributed by atoms with E-state index in [0.29, 0.717) is 11.9 Å². The Hall–Kier alpha value is -1.69. The highest BCUT2D eigenvalue weighted by atomic mass is 32.1. The first-order valence-electron chi connectivity index (χ1n) is 9.36. The van der Waals surface area contributed by atoms with Crippen molar-refractivity contribution in [3.63, 3.8) is 0 Å². The molecule has 2 heterocycles. The normalized spacial score (nSPS) is 17.0. The molecule has 0 saturated heterocycles. The maximum Gasteiger partial charge on any atom is 0.227 e. The molecular formula is C19H26N4OS. The van der Waals surface area contributed by atoms with E-state index in [1.807, 2.05) is 25.2 Å². The topological polar surface area (TPSA) is 58.1 Å². The van der Waals surface area contributed by atoms with Gasteiger partial charge in [0.2, 0.25) is 5.91 Å². The maximum absolute atomic E-state index is 12.2. The Balaban J connectivity index is 1.76. The number of hydrogen-bond donors (Lipinski definition) is 1. The van der Waals surface area contributed by atoms with Gasteiger partial charge in [-0.3, -0.25) is 4.79 Å². The van der Waals surface area contributed by atoms with Gasteiger partial charge in [0.1, 0.15) is 16.5 Å². The summed E-state index contributed by atoms with van der Waals surface area (Å²) in [6.45, 7) is 3.95. The van der Waals surface area contributed by atoms with Crippen LogP contribution in [0.2, 0.25) is 0 Å². The lowest BCUT2D eigenvalue weighted by atomic mass is 9.97. The molecule has 0 aliphatic heterocycles. The quantitative estimate of drug-likeness (QED) is 0.891. The predicted octanol–water partition coefficient (Wildman–Crippen LogP) is 3.24. The van der Waals surface area contributed by atoms with E-state index >= 15 is 0 Å². The van der Waals surface area contributed by atoms with Gasteiger partial charge in [-0.1, -0.05) is 0 Å². The second-order valence-corrected chi connectivity index (χ2v) is 8.68. The van der Waals surface area contributed by atoms with E-state index in [4.69, 9.17) is 9.97 Å². The number of amides is 1. The summed E-state index contributed by atoms with van der Waals surface area (Å²) in [5, 5.41) is 4.19. The standard InChI is InChI=1S/C19H26N4OS/c1-11(2)20-16(24)10-15-21-18(23(3)12-8-9-12)17-13-6-4-5-7-14(13)25-19(17)22-15/h11-12H,4-10H2,1-3H3,(H,20,24). The minimum atomic E-state index is -0.00399. The Labute approximate surface area is 152 Å². The molecule has 1 saturated carbocycles. The fourth-order valence-electron chi connectivity index (χ4n) is 3.67. The zero-order chi connectivity index (χ0) is 17.6. The molecule has 2 aliphatic carbocycles. The summed E-state index contributed by atoms with van der Waals surface area (Å²) in [6.07, 6.45) is 7.54. The van der Waals surface area contributed by atoms with E-state index in [-0.39, 0.29) is 18.4 Å². The van der Waals surface area contributed by atoms with Crippen molar-refractivity contribution in [3.05, 3.63) is 16.3 Å². The summed E-state index contributed by atoms with van der Waals surface area (Å²) < 4.78 is 0. The average molecular weight is 359 g/mol. The average Bonchev–Trinajstić information content (AvgIpc) is 3.33. The van der Waals surface area contributed by atoms with Gasteiger partial charge in [-0.25, -0.2) is 9.97 Å². The van der Waals surface area contributed by atoms with Crippen LogP contribution in [0.25, 0.3) is 10.2 Å². The Morgan fingerprint density at radius 1 is 1.28 bits per heavy atom. The number of anilines is 1. The van der Waals surface area contributed by atoms with Gasteiger partial charge in [-0.05, 0) is 57.9 Å². The Bertz CT molecular complexity index is 809. The number of fused-ring (bicyclic) bond motifs is 3. The molecule has 0 bridgehead atoms. The number of thiophene rings is 1.